The smallest absolute Gasteiger partial charge is 0.373 e. The molecule has 4 N–H and O–H groups in total. The van der Waals surface area contributed by atoms with Gasteiger partial charge >= 0.3 is 11.8 Å². The summed E-state index contributed by atoms with van der Waals surface area (Å²) in [5.74, 6) is 0.228. The highest BCUT2D eigenvalue weighted by Crippen LogP contribution is 2.44. The minimum absolute atomic E-state index is 0.00694. The number of hydrogen-bond acceptors (Lipinski definition) is 9. The maximum Gasteiger partial charge on any atom is 0.373 e. The van der Waals surface area contributed by atoms with E-state index in [1.54, 1.807) is 0 Å². The minimum atomic E-state index is -3.19. The van der Waals surface area contributed by atoms with E-state index in [0.717, 1.165) is 11.5 Å². The van der Waals surface area contributed by atoms with Crippen molar-refractivity contribution in [2.75, 3.05) is 19.0 Å². The molecule has 0 aromatic carbocycles. The summed E-state index contributed by atoms with van der Waals surface area (Å²) >= 11 is 0. The quantitative estimate of drug-likeness (QED) is 0.504. The third-order valence-electron chi connectivity index (χ3n) is 4.74. The number of nitrogens with one attached hydrogen (secondary N) is 1. The van der Waals surface area contributed by atoms with Crippen molar-refractivity contribution in [3.63, 3.8) is 0 Å². The molecule has 1 fully saturated rings. The Bertz CT molecular complexity index is 857. The fraction of sp³-hybridized carbons (Fsp3) is 0.706. The lowest BCUT2D eigenvalue weighted by Gasteiger charge is -2.25. The topological polar surface area (TPSA) is 163 Å². The third-order valence-corrected chi connectivity index (χ3v) is 6.26. The molecule has 0 spiro atoms. The second-order valence-corrected chi connectivity index (χ2v) is 9.76. The second kappa shape index (κ2) is 10.4. The van der Waals surface area contributed by atoms with Gasteiger partial charge in [0.25, 0.3) is 7.52 Å². The lowest BCUT2D eigenvalue weighted by molar-refractivity contribution is -0.191. The molecule has 1 aromatic rings. The van der Waals surface area contributed by atoms with E-state index >= 15 is 4.39 Å². The van der Waals surface area contributed by atoms with E-state index < -0.39 is 37.3 Å². The Morgan fingerprint density at radius 3 is 2.57 bits per heavy atom. The van der Waals surface area contributed by atoms with Crippen molar-refractivity contribution in [2.24, 2.45) is 5.92 Å². The van der Waals surface area contributed by atoms with Gasteiger partial charge in [-0.15, -0.1) is 0 Å². The van der Waals surface area contributed by atoms with Crippen molar-refractivity contribution in [3.05, 3.63) is 22.7 Å². The van der Waals surface area contributed by atoms with Crippen molar-refractivity contribution >= 4 is 19.5 Å². The molecule has 13 heteroatoms. The van der Waals surface area contributed by atoms with Crippen molar-refractivity contribution in [2.45, 2.75) is 57.8 Å². The van der Waals surface area contributed by atoms with Gasteiger partial charge in [-0.25, -0.2) is 14.3 Å². The molecule has 6 atom stereocenters. The van der Waals surface area contributed by atoms with Gasteiger partial charge in [0.15, 0.2) is 11.9 Å². The highest BCUT2D eigenvalue weighted by molar-refractivity contribution is 7.56. The molecule has 0 amide bonds. The van der Waals surface area contributed by atoms with Crippen molar-refractivity contribution < 1.29 is 32.9 Å². The summed E-state index contributed by atoms with van der Waals surface area (Å²) in [5.41, 5.74) is 2.35. The molecule has 2 rings (SSSR count). The van der Waals surface area contributed by atoms with Gasteiger partial charge in [0.2, 0.25) is 0 Å². The first-order valence-electron chi connectivity index (χ1n) is 9.13. The van der Waals surface area contributed by atoms with Gasteiger partial charge in [-0.05, 0) is 25.8 Å². The molecule has 0 aliphatic carbocycles. The van der Waals surface area contributed by atoms with E-state index in [-0.39, 0.29) is 30.5 Å². The van der Waals surface area contributed by atoms with Crippen molar-refractivity contribution in [1.29, 1.82) is 0 Å². The fourth-order valence-electron chi connectivity index (χ4n) is 2.73. The molecule has 30 heavy (non-hydrogen) atoms. The molecule has 0 radical (unpaired) electrons. The molecule has 170 valence electrons. The number of halogens is 1. The predicted octanol–water partition coefficient (Wildman–Crippen LogP) is 0.702. The number of carbonyl (C=O) groups excluding carboxylic acids is 2. The lowest BCUT2D eigenvalue weighted by atomic mass is 9.98. The molecule has 1 aliphatic heterocycles. The van der Waals surface area contributed by atoms with Crippen LogP contribution >= 0.6 is 7.52 Å². The summed E-state index contributed by atoms with van der Waals surface area (Å²) in [6.07, 6.45) is -2.62. The van der Waals surface area contributed by atoms with Crippen LogP contribution in [0.5, 0.6) is 0 Å². The van der Waals surface area contributed by atoms with Gasteiger partial charge in [-0.1, -0.05) is 13.8 Å². The Morgan fingerprint density at radius 2 is 2.07 bits per heavy atom. The molecule has 0 saturated carbocycles. The molecular formula is C17H28FN4O7P. The largest absolute Gasteiger partial charge is 0.387 e. The number of alkyl halides is 1. The van der Waals surface area contributed by atoms with Gasteiger partial charge in [0, 0.05) is 18.9 Å². The molecule has 2 heterocycles. The van der Waals surface area contributed by atoms with Gasteiger partial charge in [-0.2, -0.15) is 14.6 Å². The Labute approximate surface area is 173 Å². The van der Waals surface area contributed by atoms with Gasteiger partial charge in [0.1, 0.15) is 18.0 Å². The lowest BCUT2D eigenvalue weighted by Crippen LogP contribution is -2.43. The third kappa shape index (κ3) is 6.53. The van der Waals surface area contributed by atoms with E-state index in [4.69, 9.17) is 24.6 Å². The van der Waals surface area contributed by atoms with Crippen LogP contribution in [0.4, 0.5) is 10.2 Å². The van der Waals surface area contributed by atoms with Crippen LogP contribution in [0.3, 0.4) is 0 Å². The Morgan fingerprint density at radius 1 is 1.50 bits per heavy atom. The van der Waals surface area contributed by atoms with Crippen LogP contribution in [-0.4, -0.2) is 58.0 Å². The standard InChI is InChI=1S/C16H28FN4O5P.CO2/c1-9(2)10(3)20-27(5,24)25-8-11-13(22)16(4,17)14(26-11)21-7-6-12(18)19-15(21)23;2-1-3/h6-7,9-11,13-14,22H,8H2,1-5H3,(H,20,24)(H2,18,19,23);/t10-,11+,13-,14+,16+,27?;/m0./s1. The number of nitrogens with two attached hydrogens (primary N) is 1. The van der Waals surface area contributed by atoms with E-state index in [1.165, 1.54) is 18.9 Å². The summed E-state index contributed by atoms with van der Waals surface area (Å²) < 4.78 is 39.5. The number of nitrogen functional groups attached to an aromatic ring is 1. The molecule has 1 unspecified atom stereocenters. The molecule has 1 saturated heterocycles. The summed E-state index contributed by atoms with van der Waals surface area (Å²) in [6.45, 7) is 8.04. The number of nitrogens with zero attached hydrogens (tertiary/aromatic N) is 2. The number of aromatic nitrogens is 2. The zero-order valence-corrected chi connectivity index (χ0v) is 18.3. The summed E-state index contributed by atoms with van der Waals surface area (Å²) in [4.78, 5) is 31.8. The first kappa shape index (κ1) is 26.1. The van der Waals surface area contributed by atoms with Crippen LogP contribution in [0.2, 0.25) is 0 Å². The van der Waals surface area contributed by atoms with E-state index in [1.807, 2.05) is 20.8 Å². The normalized spacial score (nSPS) is 28.9. The van der Waals surface area contributed by atoms with Crippen LogP contribution in [0.25, 0.3) is 0 Å². The zero-order chi connectivity index (χ0) is 23.3. The second-order valence-electron chi connectivity index (χ2n) is 7.55. The molecular weight excluding hydrogens is 422 g/mol. The average molecular weight is 450 g/mol. The molecule has 1 aromatic heterocycles. The fourth-order valence-corrected chi connectivity index (χ4v) is 4.27. The molecule has 11 nitrogen and oxygen atoms in total. The number of hydrogen-bond donors (Lipinski definition) is 3. The minimum Gasteiger partial charge on any atom is -0.387 e. The highest BCUT2D eigenvalue weighted by atomic mass is 31.2. The summed E-state index contributed by atoms with van der Waals surface area (Å²) in [7, 11) is -3.19. The van der Waals surface area contributed by atoms with Gasteiger partial charge in [0.05, 0.1) is 6.61 Å². The summed E-state index contributed by atoms with van der Waals surface area (Å²) in [6, 6.07) is 1.27. The summed E-state index contributed by atoms with van der Waals surface area (Å²) in [5, 5.41) is 13.2. The number of aliphatic hydroxyl groups is 1. The number of anilines is 1. The Kier molecular flexibility index (Phi) is 9.04. The van der Waals surface area contributed by atoms with Crippen LogP contribution in [0.15, 0.2) is 17.1 Å². The van der Waals surface area contributed by atoms with Crippen LogP contribution < -0.4 is 16.5 Å². The zero-order valence-electron chi connectivity index (χ0n) is 17.4. The average Bonchev–Trinajstić information content (AvgIpc) is 2.84. The maximum atomic E-state index is 15.1. The van der Waals surface area contributed by atoms with Crippen molar-refractivity contribution in [1.82, 2.24) is 14.6 Å². The van der Waals surface area contributed by atoms with Gasteiger partial charge in [-0.3, -0.25) is 9.13 Å². The maximum absolute atomic E-state index is 15.1. The molecule has 1 aliphatic rings. The number of rotatable bonds is 7. The van der Waals surface area contributed by atoms with E-state index in [9.17, 15) is 14.5 Å². The molecule has 0 bridgehead atoms. The van der Waals surface area contributed by atoms with Crippen LogP contribution in [0, 0.1) is 5.92 Å². The van der Waals surface area contributed by atoms with E-state index in [0.29, 0.717) is 0 Å². The highest BCUT2D eigenvalue weighted by Gasteiger charge is 2.55. The monoisotopic (exact) mass is 450 g/mol. The Hall–Kier alpha value is -1.94. The predicted molar refractivity (Wildman–Crippen MR) is 104 cm³/mol. The van der Waals surface area contributed by atoms with Crippen LogP contribution in [-0.2, 0) is 23.4 Å². The van der Waals surface area contributed by atoms with Crippen LogP contribution in [0.1, 0.15) is 33.9 Å². The first-order chi connectivity index (χ1) is 13.8. The SMILES string of the molecule is CC(C)[C@H](C)NP(C)(=O)OC[C@H]1O[C@@H](n2ccc(N)nc2=O)[C@](C)(F)[C@H]1O.O=C=O. The van der Waals surface area contributed by atoms with Crippen molar-refractivity contribution in [3.8, 4) is 0 Å². The number of ether oxygens (including phenoxy) is 1. The first-order valence-corrected chi connectivity index (χ1v) is 11.2. The Balaban J connectivity index is 0.00000141. The van der Waals surface area contributed by atoms with Gasteiger partial charge < -0.3 is 20.1 Å². The number of aliphatic hydroxyl groups excluding tert-OH is 1. The van der Waals surface area contributed by atoms with E-state index in [2.05, 4.69) is 10.1 Å².